The SMILES string of the molecule is c1ccc(-c2nc(-c3ccccc3)nc(-n3c4ccccc4c4ccc5c6ccccc6n(-c6cccc7c8ccccc8c8ccccc8c67)c5c43)n2)cc1. The zero-order chi connectivity index (χ0) is 36.7. The van der Waals surface area contributed by atoms with Gasteiger partial charge in [-0.2, -0.15) is 9.97 Å². The van der Waals surface area contributed by atoms with E-state index in [1.807, 2.05) is 36.4 Å². The Morgan fingerprint density at radius 2 is 0.696 bits per heavy atom. The van der Waals surface area contributed by atoms with Crippen molar-refractivity contribution in [2.45, 2.75) is 0 Å². The summed E-state index contributed by atoms with van der Waals surface area (Å²) in [7, 11) is 0. The van der Waals surface area contributed by atoms with Crippen molar-refractivity contribution in [3.05, 3.63) is 188 Å². The van der Waals surface area contributed by atoms with Gasteiger partial charge in [-0.25, -0.2) is 4.98 Å². The Morgan fingerprint density at radius 1 is 0.286 bits per heavy atom. The molecule has 0 saturated heterocycles. The second kappa shape index (κ2) is 11.9. The number of aromatic nitrogens is 5. The molecular weight excluding hydrogens is 683 g/mol. The molecule has 0 aliphatic rings. The topological polar surface area (TPSA) is 48.5 Å². The summed E-state index contributed by atoms with van der Waals surface area (Å²) in [6.07, 6.45) is 0. The van der Waals surface area contributed by atoms with Crippen molar-refractivity contribution in [2.24, 2.45) is 0 Å². The predicted molar refractivity (Wildman–Crippen MR) is 232 cm³/mol. The molecule has 3 heterocycles. The molecular formula is C51H31N5. The standard InChI is InChI=1S/C51H31N5/c1-3-16-32(17-4-1)49-52-50(33-18-5-2-6-19-33)54-51(53-49)56-44-28-14-12-24-38(44)42-31-30-41-37-23-11-13-27-43(37)55(47(41)48(42)56)45-29-15-26-40-36-21-8-7-20-34(36)35-22-9-10-25-39(35)46(40)45/h1-31H. The van der Waals surface area contributed by atoms with E-state index in [9.17, 15) is 0 Å². The van der Waals surface area contributed by atoms with E-state index in [0.717, 1.165) is 49.7 Å². The molecule has 12 rings (SSSR count). The highest BCUT2D eigenvalue weighted by Gasteiger charge is 2.24. The predicted octanol–water partition coefficient (Wildman–Crippen LogP) is 12.9. The highest BCUT2D eigenvalue weighted by Crippen LogP contribution is 2.44. The van der Waals surface area contributed by atoms with Gasteiger partial charge in [-0.1, -0.05) is 170 Å². The van der Waals surface area contributed by atoms with E-state index < -0.39 is 0 Å². The van der Waals surface area contributed by atoms with Gasteiger partial charge in [0.15, 0.2) is 11.6 Å². The van der Waals surface area contributed by atoms with E-state index in [0.29, 0.717) is 17.6 Å². The van der Waals surface area contributed by atoms with Crippen LogP contribution in [0.5, 0.6) is 0 Å². The molecule has 0 saturated carbocycles. The molecule has 3 aromatic heterocycles. The Kier molecular flexibility index (Phi) is 6.56. The monoisotopic (exact) mass is 713 g/mol. The van der Waals surface area contributed by atoms with Crippen molar-refractivity contribution >= 4 is 75.9 Å². The first kappa shape index (κ1) is 30.8. The van der Waals surface area contributed by atoms with Crippen LogP contribution < -0.4 is 0 Å². The Labute approximate surface area is 321 Å². The van der Waals surface area contributed by atoms with Gasteiger partial charge in [0.1, 0.15) is 0 Å². The Morgan fingerprint density at radius 3 is 1.25 bits per heavy atom. The number of hydrogen-bond donors (Lipinski definition) is 0. The quantitative estimate of drug-likeness (QED) is 0.171. The molecule has 5 heteroatoms. The molecule has 9 aromatic carbocycles. The lowest BCUT2D eigenvalue weighted by Gasteiger charge is -2.17. The molecule has 12 aromatic rings. The zero-order valence-electron chi connectivity index (χ0n) is 30.1. The molecule has 0 aliphatic carbocycles. The van der Waals surface area contributed by atoms with Crippen LogP contribution in [0.1, 0.15) is 0 Å². The Balaban J connectivity index is 1.29. The van der Waals surface area contributed by atoms with Crippen LogP contribution >= 0.6 is 0 Å². The number of rotatable bonds is 4. The van der Waals surface area contributed by atoms with Crippen LogP contribution in [-0.2, 0) is 0 Å². The van der Waals surface area contributed by atoms with Crippen LogP contribution in [0, 0.1) is 0 Å². The van der Waals surface area contributed by atoms with E-state index >= 15 is 0 Å². The van der Waals surface area contributed by atoms with Crippen LogP contribution in [0.4, 0.5) is 0 Å². The maximum absolute atomic E-state index is 5.29. The van der Waals surface area contributed by atoms with Crippen molar-refractivity contribution in [1.82, 2.24) is 24.1 Å². The van der Waals surface area contributed by atoms with Crippen LogP contribution in [0.25, 0.3) is 110 Å². The maximum atomic E-state index is 5.29. The third kappa shape index (κ3) is 4.39. The lowest BCUT2D eigenvalue weighted by Crippen LogP contribution is -2.07. The lowest BCUT2D eigenvalue weighted by molar-refractivity contribution is 0.953. The van der Waals surface area contributed by atoms with E-state index in [2.05, 4.69) is 161 Å². The summed E-state index contributed by atoms with van der Waals surface area (Å²) in [4.78, 5) is 15.6. The number of hydrogen-bond acceptors (Lipinski definition) is 3. The molecule has 0 radical (unpaired) electrons. The van der Waals surface area contributed by atoms with Crippen molar-refractivity contribution in [1.29, 1.82) is 0 Å². The highest BCUT2D eigenvalue weighted by atomic mass is 15.2. The summed E-state index contributed by atoms with van der Waals surface area (Å²) in [5.74, 6) is 1.82. The van der Waals surface area contributed by atoms with Gasteiger partial charge in [-0.05, 0) is 45.1 Å². The van der Waals surface area contributed by atoms with Crippen LogP contribution in [0.15, 0.2) is 188 Å². The smallest absolute Gasteiger partial charge is 0.238 e. The highest BCUT2D eigenvalue weighted by molar-refractivity contribution is 6.29. The molecule has 0 unspecified atom stereocenters. The van der Waals surface area contributed by atoms with E-state index in [1.165, 1.54) is 43.1 Å². The minimum absolute atomic E-state index is 0.572. The van der Waals surface area contributed by atoms with Crippen molar-refractivity contribution < 1.29 is 0 Å². The molecule has 0 spiro atoms. The normalized spacial score (nSPS) is 11.9. The summed E-state index contributed by atoms with van der Waals surface area (Å²) in [5, 5.41) is 12.1. The Bertz CT molecular complexity index is 3420. The number of benzene rings is 9. The van der Waals surface area contributed by atoms with Crippen LogP contribution in [0.3, 0.4) is 0 Å². The van der Waals surface area contributed by atoms with Gasteiger partial charge in [-0.15, -0.1) is 0 Å². The van der Waals surface area contributed by atoms with Gasteiger partial charge in [-0.3, -0.25) is 4.57 Å². The molecule has 0 amide bonds. The molecule has 5 nitrogen and oxygen atoms in total. The fourth-order valence-electron chi connectivity index (χ4n) is 8.98. The number of fused-ring (bicyclic) bond motifs is 13. The number of para-hydroxylation sites is 2. The van der Waals surface area contributed by atoms with Crippen LogP contribution in [-0.4, -0.2) is 24.1 Å². The first-order chi connectivity index (χ1) is 27.8. The molecule has 56 heavy (non-hydrogen) atoms. The average molecular weight is 714 g/mol. The summed E-state index contributed by atoms with van der Waals surface area (Å²) in [6.45, 7) is 0. The minimum Gasteiger partial charge on any atom is -0.307 e. The van der Waals surface area contributed by atoms with Crippen molar-refractivity contribution in [3.63, 3.8) is 0 Å². The molecule has 0 aliphatic heterocycles. The first-order valence-electron chi connectivity index (χ1n) is 19.0. The summed E-state index contributed by atoms with van der Waals surface area (Å²) in [5.41, 5.74) is 7.32. The third-order valence-corrected chi connectivity index (χ3v) is 11.3. The zero-order valence-corrected chi connectivity index (χ0v) is 30.1. The van der Waals surface area contributed by atoms with Gasteiger partial charge in [0.05, 0.1) is 27.8 Å². The van der Waals surface area contributed by atoms with Gasteiger partial charge in [0.25, 0.3) is 0 Å². The third-order valence-electron chi connectivity index (χ3n) is 11.3. The summed E-state index contributed by atoms with van der Waals surface area (Å²) >= 11 is 0. The minimum atomic E-state index is 0.572. The van der Waals surface area contributed by atoms with Crippen molar-refractivity contribution in [2.75, 3.05) is 0 Å². The van der Waals surface area contributed by atoms with Gasteiger partial charge in [0, 0.05) is 38.1 Å². The molecule has 260 valence electrons. The van der Waals surface area contributed by atoms with Gasteiger partial charge in [0.2, 0.25) is 5.95 Å². The largest absolute Gasteiger partial charge is 0.307 e. The summed E-state index contributed by atoms with van der Waals surface area (Å²) in [6, 6.07) is 66.7. The second-order valence-corrected chi connectivity index (χ2v) is 14.4. The molecule has 0 bridgehead atoms. The second-order valence-electron chi connectivity index (χ2n) is 14.4. The first-order valence-corrected chi connectivity index (χ1v) is 19.0. The van der Waals surface area contributed by atoms with Gasteiger partial charge >= 0.3 is 0 Å². The fourth-order valence-corrected chi connectivity index (χ4v) is 8.98. The van der Waals surface area contributed by atoms with E-state index in [4.69, 9.17) is 15.0 Å². The fraction of sp³-hybridized carbons (Fsp3) is 0. The summed E-state index contributed by atoms with van der Waals surface area (Å²) < 4.78 is 4.75. The molecule has 0 atom stereocenters. The number of nitrogens with zero attached hydrogens (tertiary/aromatic N) is 5. The molecule has 0 N–H and O–H groups in total. The lowest BCUT2D eigenvalue weighted by atomic mass is 9.93. The molecule has 0 fully saturated rings. The average Bonchev–Trinajstić information content (AvgIpc) is 3.80. The van der Waals surface area contributed by atoms with Crippen molar-refractivity contribution in [3.8, 4) is 34.4 Å². The maximum Gasteiger partial charge on any atom is 0.238 e. The Hall–Kier alpha value is -7.63. The van der Waals surface area contributed by atoms with E-state index in [-0.39, 0.29) is 0 Å². The van der Waals surface area contributed by atoms with Crippen LogP contribution in [0.2, 0.25) is 0 Å². The van der Waals surface area contributed by atoms with E-state index in [1.54, 1.807) is 0 Å². The van der Waals surface area contributed by atoms with Gasteiger partial charge < -0.3 is 4.57 Å².